The number of aliphatic imine (C=N–C) groups is 1. The highest BCUT2D eigenvalue weighted by Gasteiger charge is 1.98. The topological polar surface area (TPSA) is 63.3 Å². The van der Waals surface area contributed by atoms with Crippen LogP contribution in [0.25, 0.3) is 0 Å². The molecule has 4 nitrogen and oxygen atoms in total. The van der Waals surface area contributed by atoms with Crippen molar-refractivity contribution < 1.29 is 0 Å². The average molecular weight is 226 g/mol. The molecular weight excluding hydrogens is 208 g/mol. The van der Waals surface area contributed by atoms with Gasteiger partial charge in [0.25, 0.3) is 0 Å². The van der Waals surface area contributed by atoms with Gasteiger partial charge in [-0.1, -0.05) is 6.92 Å². The molecule has 0 aliphatic heterocycles. The maximum absolute atomic E-state index is 5.65. The minimum Gasteiger partial charge on any atom is -0.370 e. The predicted octanol–water partition coefficient (Wildman–Crippen LogP) is 1.31. The normalized spacial score (nSPS) is 11.7. The second-order valence-electron chi connectivity index (χ2n) is 3.31. The van der Waals surface area contributed by atoms with Gasteiger partial charge in [0.05, 0.1) is 5.01 Å². The fourth-order valence-electron chi connectivity index (χ4n) is 1.10. The third-order valence-electron chi connectivity index (χ3n) is 1.82. The van der Waals surface area contributed by atoms with Crippen molar-refractivity contribution in [2.24, 2.45) is 10.7 Å². The summed E-state index contributed by atoms with van der Waals surface area (Å²) in [7, 11) is 0. The Morgan fingerprint density at radius 2 is 2.47 bits per heavy atom. The summed E-state index contributed by atoms with van der Waals surface area (Å²) in [4.78, 5) is 9.67. The van der Waals surface area contributed by atoms with Crippen LogP contribution in [0.1, 0.15) is 23.2 Å². The van der Waals surface area contributed by atoms with Crippen LogP contribution in [0.3, 0.4) is 0 Å². The molecule has 0 bridgehead atoms. The fourth-order valence-corrected chi connectivity index (χ4v) is 1.89. The van der Waals surface area contributed by atoms with E-state index in [9.17, 15) is 0 Å². The highest BCUT2D eigenvalue weighted by Crippen LogP contribution is 2.10. The molecule has 0 saturated heterocycles. The maximum Gasteiger partial charge on any atom is 0.188 e. The largest absolute Gasteiger partial charge is 0.370 e. The van der Waals surface area contributed by atoms with Gasteiger partial charge in [0.1, 0.15) is 0 Å². The molecule has 0 radical (unpaired) electrons. The number of hydrogen-bond donors (Lipinski definition) is 2. The zero-order valence-corrected chi connectivity index (χ0v) is 10.1. The van der Waals surface area contributed by atoms with Crippen LogP contribution < -0.4 is 11.1 Å². The van der Waals surface area contributed by atoms with E-state index in [1.165, 1.54) is 4.88 Å². The lowest BCUT2D eigenvalue weighted by Crippen LogP contribution is -2.33. The van der Waals surface area contributed by atoms with E-state index in [4.69, 9.17) is 5.73 Å². The summed E-state index contributed by atoms with van der Waals surface area (Å²) in [6.45, 7) is 5.72. The van der Waals surface area contributed by atoms with Gasteiger partial charge in [0.15, 0.2) is 5.96 Å². The first kappa shape index (κ1) is 12.0. The maximum atomic E-state index is 5.65. The first-order valence-electron chi connectivity index (χ1n) is 5.17. The second-order valence-corrected chi connectivity index (χ2v) is 4.63. The van der Waals surface area contributed by atoms with Crippen molar-refractivity contribution in [1.82, 2.24) is 10.3 Å². The number of aromatic nitrogens is 1. The Labute approximate surface area is 94.6 Å². The van der Waals surface area contributed by atoms with Crippen LogP contribution >= 0.6 is 11.3 Å². The SMILES string of the molecule is CCCN=C(N)NCCc1ncc(C)s1. The molecule has 15 heavy (non-hydrogen) atoms. The van der Waals surface area contributed by atoms with Crippen molar-refractivity contribution in [2.75, 3.05) is 13.1 Å². The Kier molecular flexibility index (Phi) is 5.10. The zero-order valence-electron chi connectivity index (χ0n) is 9.29. The molecule has 0 aromatic carbocycles. The number of nitrogens with two attached hydrogens (primary N) is 1. The van der Waals surface area contributed by atoms with Crippen molar-refractivity contribution >= 4 is 17.3 Å². The third kappa shape index (κ3) is 4.78. The summed E-state index contributed by atoms with van der Waals surface area (Å²) < 4.78 is 0. The highest BCUT2D eigenvalue weighted by atomic mass is 32.1. The van der Waals surface area contributed by atoms with Crippen molar-refractivity contribution in [3.63, 3.8) is 0 Å². The van der Waals surface area contributed by atoms with Gasteiger partial charge >= 0.3 is 0 Å². The average Bonchev–Trinajstić information content (AvgIpc) is 2.61. The number of thiazole rings is 1. The van der Waals surface area contributed by atoms with Crippen LogP contribution in [0, 0.1) is 6.92 Å². The quantitative estimate of drug-likeness (QED) is 0.588. The molecule has 84 valence electrons. The molecule has 1 heterocycles. The van der Waals surface area contributed by atoms with E-state index in [-0.39, 0.29) is 0 Å². The lowest BCUT2D eigenvalue weighted by molar-refractivity contribution is 0.834. The number of guanidine groups is 1. The molecule has 0 spiro atoms. The molecule has 3 N–H and O–H groups in total. The minimum atomic E-state index is 0.533. The lowest BCUT2D eigenvalue weighted by atomic mass is 10.4. The van der Waals surface area contributed by atoms with Crippen LogP contribution in [0.5, 0.6) is 0 Å². The van der Waals surface area contributed by atoms with Crippen molar-refractivity contribution in [3.8, 4) is 0 Å². The van der Waals surface area contributed by atoms with E-state index in [0.29, 0.717) is 5.96 Å². The second kappa shape index (κ2) is 6.40. The van der Waals surface area contributed by atoms with Gasteiger partial charge in [0.2, 0.25) is 0 Å². The molecule has 1 aromatic heterocycles. The molecule has 1 aromatic rings. The van der Waals surface area contributed by atoms with Crippen LogP contribution in [0.4, 0.5) is 0 Å². The molecular formula is C10H18N4S. The Bertz CT molecular complexity index is 319. The molecule has 0 fully saturated rings. The van der Waals surface area contributed by atoms with E-state index in [1.807, 2.05) is 6.20 Å². The van der Waals surface area contributed by atoms with Gasteiger partial charge in [-0.15, -0.1) is 11.3 Å². The molecule has 0 atom stereocenters. The van der Waals surface area contributed by atoms with Crippen molar-refractivity contribution in [2.45, 2.75) is 26.7 Å². The number of hydrogen-bond acceptors (Lipinski definition) is 3. The summed E-state index contributed by atoms with van der Waals surface area (Å²) in [6, 6.07) is 0. The minimum absolute atomic E-state index is 0.533. The summed E-state index contributed by atoms with van der Waals surface area (Å²) in [5.41, 5.74) is 5.65. The third-order valence-corrected chi connectivity index (χ3v) is 2.79. The van der Waals surface area contributed by atoms with Crippen LogP contribution in [0.15, 0.2) is 11.2 Å². The van der Waals surface area contributed by atoms with E-state index in [1.54, 1.807) is 11.3 Å². The molecule has 0 aliphatic carbocycles. The Morgan fingerprint density at radius 3 is 3.07 bits per heavy atom. The summed E-state index contributed by atoms with van der Waals surface area (Å²) >= 11 is 1.73. The van der Waals surface area contributed by atoms with Crippen molar-refractivity contribution in [3.05, 3.63) is 16.1 Å². The first-order valence-corrected chi connectivity index (χ1v) is 5.99. The highest BCUT2D eigenvalue weighted by molar-refractivity contribution is 7.11. The molecule has 0 saturated carbocycles. The number of nitrogens with one attached hydrogen (secondary N) is 1. The van der Waals surface area contributed by atoms with Gasteiger partial charge in [-0.05, 0) is 13.3 Å². The predicted molar refractivity (Wildman–Crippen MR) is 65.3 cm³/mol. The zero-order chi connectivity index (χ0) is 11.1. The summed E-state index contributed by atoms with van der Waals surface area (Å²) in [5, 5.41) is 4.21. The smallest absolute Gasteiger partial charge is 0.188 e. The Morgan fingerprint density at radius 1 is 1.67 bits per heavy atom. The van der Waals surface area contributed by atoms with Gasteiger partial charge in [0, 0.05) is 30.6 Å². The van der Waals surface area contributed by atoms with Gasteiger partial charge in [-0.2, -0.15) is 0 Å². The summed E-state index contributed by atoms with van der Waals surface area (Å²) in [6.07, 6.45) is 3.82. The lowest BCUT2D eigenvalue weighted by Gasteiger charge is -2.03. The Hall–Kier alpha value is -1.10. The van der Waals surface area contributed by atoms with E-state index >= 15 is 0 Å². The Balaban J connectivity index is 2.21. The number of rotatable bonds is 5. The standard InChI is InChI=1S/C10H18N4S/c1-3-5-12-10(11)13-6-4-9-14-7-8(2)15-9/h7H,3-6H2,1-2H3,(H3,11,12,13). The monoisotopic (exact) mass is 226 g/mol. The summed E-state index contributed by atoms with van der Waals surface area (Å²) in [5.74, 6) is 0.533. The molecule has 0 aliphatic rings. The van der Waals surface area contributed by atoms with Crippen LogP contribution in [0.2, 0.25) is 0 Å². The van der Waals surface area contributed by atoms with Gasteiger partial charge < -0.3 is 11.1 Å². The van der Waals surface area contributed by atoms with E-state index in [2.05, 4.69) is 29.1 Å². The molecule has 1 rings (SSSR count). The van der Waals surface area contributed by atoms with Gasteiger partial charge in [-0.25, -0.2) is 4.98 Å². The first-order chi connectivity index (χ1) is 7.22. The number of nitrogens with zero attached hydrogens (tertiary/aromatic N) is 2. The van der Waals surface area contributed by atoms with Crippen LogP contribution in [-0.4, -0.2) is 24.0 Å². The van der Waals surface area contributed by atoms with E-state index < -0.39 is 0 Å². The van der Waals surface area contributed by atoms with Crippen molar-refractivity contribution in [1.29, 1.82) is 0 Å². The fraction of sp³-hybridized carbons (Fsp3) is 0.600. The molecule has 5 heteroatoms. The molecule has 0 amide bonds. The number of aryl methyl sites for hydroxylation is 1. The van der Waals surface area contributed by atoms with Crippen LogP contribution in [-0.2, 0) is 6.42 Å². The van der Waals surface area contributed by atoms with Gasteiger partial charge in [-0.3, -0.25) is 4.99 Å². The molecule has 0 unspecified atom stereocenters. The van der Waals surface area contributed by atoms with E-state index in [0.717, 1.165) is 30.9 Å².